The summed E-state index contributed by atoms with van der Waals surface area (Å²) in [6, 6.07) is 12.2. The van der Waals surface area contributed by atoms with E-state index in [1.165, 1.54) is 11.3 Å². The van der Waals surface area contributed by atoms with Gasteiger partial charge in [-0.2, -0.15) is 0 Å². The van der Waals surface area contributed by atoms with Crippen LogP contribution in [-0.2, 0) is 4.74 Å². The van der Waals surface area contributed by atoms with Crippen LogP contribution in [0.1, 0.15) is 23.2 Å². The Morgan fingerprint density at radius 3 is 2.79 bits per heavy atom. The lowest BCUT2D eigenvalue weighted by Gasteiger charge is -2.11. The van der Waals surface area contributed by atoms with Crippen molar-refractivity contribution in [2.75, 3.05) is 18.5 Å². The SMILES string of the molecule is O=C(Nc1nc(-c2ccc(Cl)cc2Cl)cs1)c1ccc(OC[C@H]2CCCO2)cc1. The second kappa shape index (κ2) is 9.13. The van der Waals surface area contributed by atoms with Crippen LogP contribution >= 0.6 is 34.5 Å². The first-order valence-electron chi connectivity index (χ1n) is 9.15. The van der Waals surface area contributed by atoms with Crippen LogP contribution in [0.3, 0.4) is 0 Å². The summed E-state index contributed by atoms with van der Waals surface area (Å²) in [6.07, 6.45) is 2.26. The minimum atomic E-state index is -0.237. The van der Waals surface area contributed by atoms with E-state index in [2.05, 4.69) is 10.3 Å². The molecule has 1 fully saturated rings. The molecule has 1 amide bonds. The molecule has 0 spiro atoms. The third-order valence-corrected chi connectivity index (χ3v) is 5.81. The Morgan fingerprint density at radius 2 is 2.07 bits per heavy atom. The van der Waals surface area contributed by atoms with Crippen LogP contribution < -0.4 is 10.1 Å². The number of carbonyl (C=O) groups excluding carboxylic acids is 1. The van der Waals surface area contributed by atoms with Crippen LogP contribution in [0.4, 0.5) is 5.13 Å². The predicted octanol–water partition coefficient (Wildman–Crippen LogP) is 5.93. The summed E-state index contributed by atoms with van der Waals surface area (Å²) in [5.41, 5.74) is 1.97. The highest BCUT2D eigenvalue weighted by atomic mass is 35.5. The number of ether oxygens (including phenoxy) is 2. The van der Waals surface area contributed by atoms with E-state index in [0.717, 1.165) is 25.0 Å². The fourth-order valence-electron chi connectivity index (χ4n) is 2.99. The third kappa shape index (κ3) is 5.08. The summed E-state index contributed by atoms with van der Waals surface area (Å²) in [5.74, 6) is 0.477. The van der Waals surface area contributed by atoms with Gasteiger partial charge in [-0.25, -0.2) is 4.98 Å². The zero-order valence-corrected chi connectivity index (χ0v) is 17.7. The van der Waals surface area contributed by atoms with Gasteiger partial charge < -0.3 is 9.47 Å². The predicted molar refractivity (Wildman–Crippen MR) is 116 cm³/mol. The summed E-state index contributed by atoms with van der Waals surface area (Å²) in [7, 11) is 0. The Hall–Kier alpha value is -2.12. The first kappa shape index (κ1) is 20.2. The van der Waals surface area contributed by atoms with Gasteiger partial charge in [-0.05, 0) is 55.3 Å². The Labute approximate surface area is 182 Å². The summed E-state index contributed by atoms with van der Waals surface area (Å²) >= 11 is 13.5. The van der Waals surface area contributed by atoms with E-state index in [9.17, 15) is 4.79 Å². The quantitative estimate of drug-likeness (QED) is 0.507. The smallest absolute Gasteiger partial charge is 0.257 e. The molecule has 4 rings (SSSR count). The van der Waals surface area contributed by atoms with E-state index in [1.807, 2.05) is 5.38 Å². The summed E-state index contributed by atoms with van der Waals surface area (Å²) in [5, 5.41) is 6.22. The van der Waals surface area contributed by atoms with Crippen LogP contribution in [-0.4, -0.2) is 30.2 Å². The molecule has 29 heavy (non-hydrogen) atoms. The summed E-state index contributed by atoms with van der Waals surface area (Å²) in [4.78, 5) is 16.9. The van der Waals surface area contributed by atoms with Crippen LogP contribution in [0.15, 0.2) is 47.8 Å². The van der Waals surface area contributed by atoms with E-state index in [1.54, 1.807) is 42.5 Å². The Morgan fingerprint density at radius 1 is 1.24 bits per heavy atom. The van der Waals surface area contributed by atoms with E-state index in [4.69, 9.17) is 32.7 Å². The summed E-state index contributed by atoms with van der Waals surface area (Å²) < 4.78 is 11.3. The lowest BCUT2D eigenvalue weighted by Crippen LogP contribution is -2.16. The molecule has 1 aliphatic heterocycles. The monoisotopic (exact) mass is 448 g/mol. The van der Waals surface area contributed by atoms with Crippen molar-refractivity contribution in [3.8, 4) is 17.0 Å². The fourth-order valence-corrected chi connectivity index (χ4v) is 4.20. The molecule has 0 saturated carbocycles. The molecule has 150 valence electrons. The van der Waals surface area contributed by atoms with E-state index < -0.39 is 0 Å². The Balaban J connectivity index is 1.37. The zero-order chi connectivity index (χ0) is 20.2. The van der Waals surface area contributed by atoms with E-state index in [-0.39, 0.29) is 12.0 Å². The number of amides is 1. The van der Waals surface area contributed by atoms with Crippen LogP contribution in [0.2, 0.25) is 10.0 Å². The van der Waals surface area contributed by atoms with Gasteiger partial charge in [0.25, 0.3) is 5.91 Å². The average Bonchev–Trinajstić information content (AvgIpc) is 3.39. The number of benzene rings is 2. The van der Waals surface area contributed by atoms with Gasteiger partial charge in [-0.3, -0.25) is 10.1 Å². The molecule has 2 heterocycles. The van der Waals surface area contributed by atoms with Crippen LogP contribution in [0.25, 0.3) is 11.3 Å². The maximum absolute atomic E-state index is 12.5. The van der Waals surface area contributed by atoms with Crippen LogP contribution in [0, 0.1) is 0 Å². The molecule has 1 atom stereocenters. The van der Waals surface area contributed by atoms with Crippen molar-refractivity contribution in [1.29, 1.82) is 0 Å². The molecular formula is C21H18Cl2N2O3S. The molecule has 1 aliphatic rings. The van der Waals surface area contributed by atoms with Gasteiger partial charge in [0.2, 0.25) is 0 Å². The third-order valence-electron chi connectivity index (χ3n) is 4.51. The molecule has 1 saturated heterocycles. The van der Waals surface area contributed by atoms with Crippen molar-refractivity contribution in [3.05, 3.63) is 63.5 Å². The van der Waals surface area contributed by atoms with Crippen molar-refractivity contribution in [1.82, 2.24) is 4.98 Å². The molecule has 5 nitrogen and oxygen atoms in total. The Bertz CT molecular complexity index is 1000. The van der Waals surface area contributed by atoms with Gasteiger partial charge in [0.05, 0.1) is 16.8 Å². The second-order valence-electron chi connectivity index (χ2n) is 6.59. The van der Waals surface area contributed by atoms with Crippen molar-refractivity contribution in [3.63, 3.8) is 0 Å². The van der Waals surface area contributed by atoms with Crippen LogP contribution in [0.5, 0.6) is 5.75 Å². The van der Waals surface area contributed by atoms with Crippen molar-refractivity contribution < 1.29 is 14.3 Å². The molecule has 0 aliphatic carbocycles. The number of rotatable bonds is 6. The molecule has 1 aromatic heterocycles. The maximum Gasteiger partial charge on any atom is 0.257 e. The number of halogens is 2. The molecule has 0 unspecified atom stereocenters. The number of hydrogen-bond donors (Lipinski definition) is 1. The highest BCUT2D eigenvalue weighted by Crippen LogP contribution is 2.32. The topological polar surface area (TPSA) is 60.5 Å². The van der Waals surface area contributed by atoms with Gasteiger partial charge in [-0.1, -0.05) is 23.2 Å². The van der Waals surface area contributed by atoms with E-state index >= 15 is 0 Å². The van der Waals surface area contributed by atoms with Gasteiger partial charge >= 0.3 is 0 Å². The number of hydrogen-bond acceptors (Lipinski definition) is 5. The highest BCUT2D eigenvalue weighted by Gasteiger charge is 2.16. The molecule has 2 aromatic carbocycles. The lowest BCUT2D eigenvalue weighted by molar-refractivity contribution is 0.0679. The van der Waals surface area contributed by atoms with Gasteiger partial charge in [0.1, 0.15) is 12.4 Å². The molecule has 1 N–H and O–H groups in total. The number of anilines is 1. The highest BCUT2D eigenvalue weighted by molar-refractivity contribution is 7.14. The zero-order valence-electron chi connectivity index (χ0n) is 15.4. The number of carbonyl (C=O) groups is 1. The minimum absolute atomic E-state index is 0.159. The van der Waals surface area contributed by atoms with E-state index in [0.29, 0.717) is 38.8 Å². The first-order chi connectivity index (χ1) is 14.1. The molecular weight excluding hydrogens is 431 g/mol. The minimum Gasteiger partial charge on any atom is -0.491 e. The number of nitrogens with zero attached hydrogens (tertiary/aromatic N) is 1. The summed E-state index contributed by atoms with van der Waals surface area (Å²) in [6.45, 7) is 1.33. The van der Waals surface area contributed by atoms with Gasteiger partial charge in [-0.15, -0.1) is 11.3 Å². The molecule has 3 aromatic rings. The van der Waals surface area contributed by atoms with Gasteiger partial charge in [0, 0.05) is 28.1 Å². The number of aromatic nitrogens is 1. The van der Waals surface area contributed by atoms with Crippen molar-refractivity contribution in [2.24, 2.45) is 0 Å². The fraction of sp³-hybridized carbons (Fsp3) is 0.238. The average molecular weight is 449 g/mol. The number of nitrogens with one attached hydrogen (secondary N) is 1. The molecule has 0 radical (unpaired) electrons. The number of thiazole rings is 1. The molecule has 8 heteroatoms. The first-order valence-corrected chi connectivity index (χ1v) is 10.8. The van der Waals surface area contributed by atoms with Crippen molar-refractivity contribution in [2.45, 2.75) is 18.9 Å². The largest absolute Gasteiger partial charge is 0.491 e. The maximum atomic E-state index is 12.5. The normalized spacial score (nSPS) is 16.0. The standard InChI is InChI=1S/C21H18Cl2N2O3S/c22-14-5-8-17(18(23)10-14)19-12-29-21(24-19)25-20(26)13-3-6-15(7-4-13)28-11-16-2-1-9-27-16/h3-8,10,12,16H,1-2,9,11H2,(H,24,25,26)/t16-/m1/s1. The second-order valence-corrected chi connectivity index (χ2v) is 8.29. The van der Waals surface area contributed by atoms with Crippen molar-refractivity contribution >= 4 is 45.6 Å². The lowest BCUT2D eigenvalue weighted by atomic mass is 10.2. The molecule has 0 bridgehead atoms. The van der Waals surface area contributed by atoms with Gasteiger partial charge in [0.15, 0.2) is 5.13 Å². The Kier molecular flexibility index (Phi) is 6.35.